The zero-order valence-electron chi connectivity index (χ0n) is 19.8. The van der Waals surface area contributed by atoms with Crippen molar-refractivity contribution in [2.45, 2.75) is 56.8 Å². The Labute approximate surface area is 207 Å². The number of nitrogens with zero attached hydrogens (tertiary/aromatic N) is 1. The number of carbonyl (C=O) groups is 1. The molecular weight excluding hydrogens is 474 g/mol. The molecule has 2 aromatic carbocycles. The van der Waals surface area contributed by atoms with Crippen LogP contribution in [0.15, 0.2) is 48.5 Å². The number of hydrogen-bond donors (Lipinski definition) is 3. The molecule has 1 aliphatic rings. The van der Waals surface area contributed by atoms with E-state index in [2.05, 4.69) is 14.9 Å². The lowest BCUT2D eigenvalue weighted by atomic mass is 9.84. The minimum atomic E-state index is -3.26. The van der Waals surface area contributed by atoms with Gasteiger partial charge in [-0.25, -0.2) is 13.1 Å². The summed E-state index contributed by atoms with van der Waals surface area (Å²) in [5, 5.41) is 14.1. The van der Waals surface area contributed by atoms with Crippen LogP contribution in [0.25, 0.3) is 0 Å². The van der Waals surface area contributed by atoms with Gasteiger partial charge >= 0.3 is 0 Å². The Balaban J connectivity index is 1.42. The molecule has 0 unspecified atom stereocenters. The molecule has 0 aliphatic carbocycles. The first-order valence-corrected chi connectivity index (χ1v) is 13.6. The highest BCUT2D eigenvalue weighted by molar-refractivity contribution is 7.90. The molecule has 0 aromatic heterocycles. The van der Waals surface area contributed by atoms with Gasteiger partial charge in [0.1, 0.15) is 0 Å². The molecule has 0 spiro atoms. The van der Waals surface area contributed by atoms with E-state index in [0.717, 1.165) is 30.0 Å². The summed E-state index contributed by atoms with van der Waals surface area (Å²) in [6.45, 7) is 5.06. The molecule has 3 rings (SSSR count). The number of sulfonamides is 1. The third kappa shape index (κ3) is 7.18. The van der Waals surface area contributed by atoms with Crippen molar-refractivity contribution in [3.8, 4) is 0 Å². The van der Waals surface area contributed by atoms with Gasteiger partial charge in [0, 0.05) is 42.5 Å². The average Bonchev–Trinajstić information content (AvgIpc) is 2.80. The largest absolute Gasteiger partial charge is 0.385 e. The van der Waals surface area contributed by atoms with E-state index in [4.69, 9.17) is 11.6 Å². The van der Waals surface area contributed by atoms with Gasteiger partial charge in [0.05, 0.1) is 10.9 Å². The fourth-order valence-electron chi connectivity index (χ4n) is 3.95. The fourth-order valence-corrected chi connectivity index (χ4v) is 4.84. The topological polar surface area (TPSA) is 98.7 Å². The Hall–Kier alpha value is -2.13. The van der Waals surface area contributed by atoms with Gasteiger partial charge in [-0.2, -0.15) is 0 Å². The lowest BCUT2D eigenvalue weighted by Gasteiger charge is -2.39. The number of carbonyl (C=O) groups excluding carboxylic acids is 1. The van der Waals surface area contributed by atoms with Gasteiger partial charge in [0.25, 0.3) is 0 Å². The highest BCUT2D eigenvalue weighted by Crippen LogP contribution is 2.35. The summed E-state index contributed by atoms with van der Waals surface area (Å²) in [7, 11) is -3.26. The van der Waals surface area contributed by atoms with Crippen molar-refractivity contribution in [2.24, 2.45) is 0 Å². The van der Waals surface area contributed by atoms with Gasteiger partial charge < -0.3 is 15.3 Å². The zero-order chi connectivity index (χ0) is 24.8. The van der Waals surface area contributed by atoms with E-state index in [1.807, 2.05) is 48.5 Å². The van der Waals surface area contributed by atoms with Crippen LogP contribution in [0.1, 0.15) is 51.5 Å². The van der Waals surface area contributed by atoms with Gasteiger partial charge in [-0.1, -0.05) is 23.7 Å². The summed E-state index contributed by atoms with van der Waals surface area (Å²) in [6, 6.07) is 15.1. The summed E-state index contributed by atoms with van der Waals surface area (Å²) >= 11 is 5.97. The highest BCUT2D eigenvalue weighted by Gasteiger charge is 2.34. The van der Waals surface area contributed by atoms with Gasteiger partial charge in [-0.3, -0.25) is 4.79 Å². The van der Waals surface area contributed by atoms with Crippen molar-refractivity contribution >= 4 is 38.9 Å². The molecule has 7 nitrogen and oxygen atoms in total. The van der Waals surface area contributed by atoms with E-state index in [1.165, 1.54) is 0 Å². The van der Waals surface area contributed by atoms with Crippen LogP contribution in [-0.2, 0) is 20.4 Å². The van der Waals surface area contributed by atoms with Crippen LogP contribution < -0.4 is 14.9 Å². The standard InChI is InChI=1S/C25H34ClN3O4S/c1-19(2)34(32,33)27-16-4-3-5-24(30)28-22-10-12-23(13-11-22)29-17-14-25(31,15-18-29)20-6-8-21(26)9-7-20/h6-13,19,27,31H,3-5,14-18H2,1-2H3,(H,28,30). The van der Waals surface area contributed by atoms with E-state index < -0.39 is 20.9 Å². The summed E-state index contributed by atoms with van der Waals surface area (Å²) in [5.74, 6) is -0.0922. The number of unbranched alkanes of at least 4 members (excludes halogenated alkanes) is 1. The Bertz CT molecular complexity index is 1050. The number of anilines is 2. The van der Waals surface area contributed by atoms with Crippen molar-refractivity contribution in [1.82, 2.24) is 4.72 Å². The number of piperidine rings is 1. The van der Waals surface area contributed by atoms with Crippen molar-refractivity contribution in [2.75, 3.05) is 29.9 Å². The van der Waals surface area contributed by atoms with E-state index in [-0.39, 0.29) is 5.91 Å². The Kier molecular flexibility index (Phi) is 8.98. The summed E-state index contributed by atoms with van der Waals surface area (Å²) in [6.07, 6.45) is 2.80. The van der Waals surface area contributed by atoms with E-state index in [9.17, 15) is 18.3 Å². The van der Waals surface area contributed by atoms with E-state index in [0.29, 0.717) is 43.7 Å². The molecule has 1 amide bonds. The third-order valence-electron chi connectivity index (χ3n) is 6.24. The van der Waals surface area contributed by atoms with Gasteiger partial charge in [-0.05, 0) is 81.5 Å². The fraction of sp³-hybridized carbons (Fsp3) is 0.480. The Morgan fingerprint density at radius 1 is 1.06 bits per heavy atom. The molecule has 1 saturated heterocycles. The van der Waals surface area contributed by atoms with Crippen LogP contribution in [-0.4, -0.2) is 44.3 Å². The number of halogens is 1. The molecule has 1 fully saturated rings. The smallest absolute Gasteiger partial charge is 0.224 e. The maximum absolute atomic E-state index is 12.2. The molecule has 3 N–H and O–H groups in total. The quantitative estimate of drug-likeness (QED) is 0.417. The molecule has 1 heterocycles. The summed E-state index contributed by atoms with van der Waals surface area (Å²) < 4.78 is 26.0. The van der Waals surface area contributed by atoms with Crippen LogP contribution >= 0.6 is 11.6 Å². The Morgan fingerprint density at radius 3 is 2.26 bits per heavy atom. The Morgan fingerprint density at radius 2 is 1.68 bits per heavy atom. The third-order valence-corrected chi connectivity index (χ3v) is 8.34. The lowest BCUT2D eigenvalue weighted by Crippen LogP contribution is -2.42. The van der Waals surface area contributed by atoms with E-state index in [1.54, 1.807) is 13.8 Å². The monoisotopic (exact) mass is 507 g/mol. The predicted molar refractivity (Wildman–Crippen MR) is 138 cm³/mol. The molecule has 34 heavy (non-hydrogen) atoms. The minimum absolute atomic E-state index is 0.0922. The number of amides is 1. The van der Waals surface area contributed by atoms with Gasteiger partial charge in [0.15, 0.2) is 0 Å². The SMILES string of the molecule is CC(C)S(=O)(=O)NCCCCC(=O)Nc1ccc(N2CCC(O)(c3ccc(Cl)cc3)CC2)cc1. The maximum Gasteiger partial charge on any atom is 0.224 e. The normalized spacial score (nSPS) is 16.0. The second kappa shape index (κ2) is 11.5. The first kappa shape index (κ1) is 26.5. The number of benzene rings is 2. The van der Waals surface area contributed by atoms with Gasteiger partial charge in [-0.15, -0.1) is 0 Å². The van der Waals surface area contributed by atoms with Crippen molar-refractivity contribution in [3.63, 3.8) is 0 Å². The first-order chi connectivity index (χ1) is 16.1. The van der Waals surface area contributed by atoms with Crippen LogP contribution in [0.5, 0.6) is 0 Å². The van der Waals surface area contributed by atoms with Crippen LogP contribution in [0, 0.1) is 0 Å². The summed E-state index contributed by atoms with van der Waals surface area (Å²) in [5.41, 5.74) is 1.83. The number of rotatable bonds is 10. The zero-order valence-corrected chi connectivity index (χ0v) is 21.3. The second-order valence-corrected chi connectivity index (χ2v) is 11.8. The minimum Gasteiger partial charge on any atom is -0.385 e. The molecule has 9 heteroatoms. The summed E-state index contributed by atoms with van der Waals surface area (Å²) in [4.78, 5) is 14.4. The number of hydrogen-bond acceptors (Lipinski definition) is 5. The van der Waals surface area contributed by atoms with Crippen molar-refractivity contribution in [1.29, 1.82) is 0 Å². The van der Waals surface area contributed by atoms with Crippen molar-refractivity contribution < 1.29 is 18.3 Å². The highest BCUT2D eigenvalue weighted by atomic mass is 35.5. The first-order valence-electron chi connectivity index (χ1n) is 11.7. The molecule has 1 aliphatic heterocycles. The molecule has 0 saturated carbocycles. The molecule has 186 valence electrons. The molecular formula is C25H34ClN3O4S. The van der Waals surface area contributed by atoms with E-state index >= 15 is 0 Å². The van der Waals surface area contributed by atoms with Crippen LogP contribution in [0.2, 0.25) is 5.02 Å². The predicted octanol–water partition coefficient (Wildman–Crippen LogP) is 4.26. The second-order valence-electron chi connectivity index (χ2n) is 9.07. The van der Waals surface area contributed by atoms with Crippen molar-refractivity contribution in [3.05, 3.63) is 59.1 Å². The number of aliphatic hydroxyl groups is 1. The lowest BCUT2D eigenvalue weighted by molar-refractivity contribution is -0.116. The number of nitrogens with one attached hydrogen (secondary N) is 2. The molecule has 0 bridgehead atoms. The molecule has 0 radical (unpaired) electrons. The average molecular weight is 508 g/mol. The maximum atomic E-state index is 12.2. The van der Waals surface area contributed by atoms with Crippen LogP contribution in [0.4, 0.5) is 11.4 Å². The van der Waals surface area contributed by atoms with Crippen LogP contribution in [0.3, 0.4) is 0 Å². The molecule has 2 aromatic rings. The van der Waals surface area contributed by atoms with Gasteiger partial charge in [0.2, 0.25) is 15.9 Å². The molecule has 0 atom stereocenters.